The van der Waals surface area contributed by atoms with E-state index in [9.17, 15) is 14.4 Å². The zero-order chi connectivity index (χ0) is 27.2. The summed E-state index contributed by atoms with van der Waals surface area (Å²) in [6, 6.07) is 17.4. The number of carbonyl (C=O) groups excluding carboxylic acids is 3. The maximum atomic E-state index is 12.9. The quantitative estimate of drug-likeness (QED) is 0.247. The summed E-state index contributed by atoms with van der Waals surface area (Å²) in [6.45, 7) is 2.13. The van der Waals surface area contributed by atoms with E-state index in [0.717, 1.165) is 22.2 Å². The number of carbonyl (C=O) groups is 3. The molecule has 1 N–H and O–H groups in total. The molecule has 1 aliphatic rings. The van der Waals surface area contributed by atoms with Crippen LogP contribution < -0.4 is 14.8 Å². The highest BCUT2D eigenvalue weighted by Crippen LogP contribution is 2.39. The fourth-order valence-corrected chi connectivity index (χ4v) is 5.24. The SMILES string of the molecule is CCOc1cc(/C=C2/SC(=O)N(CC(=O)Nc3cccc(Cl)c3)C2=O)cc(Br)c1OCc1ccc(Cl)cc1. The first-order valence-corrected chi connectivity index (χ1v) is 13.7. The Morgan fingerprint density at radius 2 is 1.82 bits per heavy atom. The summed E-state index contributed by atoms with van der Waals surface area (Å²) in [5.74, 6) is -0.0928. The highest BCUT2D eigenvalue weighted by atomic mass is 79.9. The Bertz CT molecular complexity index is 1420. The van der Waals surface area contributed by atoms with Crippen LogP contribution in [0.5, 0.6) is 11.5 Å². The van der Waals surface area contributed by atoms with Crippen molar-refractivity contribution < 1.29 is 23.9 Å². The lowest BCUT2D eigenvalue weighted by atomic mass is 10.1. The number of thioether (sulfide) groups is 1. The number of amides is 3. The van der Waals surface area contributed by atoms with Gasteiger partial charge in [0, 0.05) is 15.7 Å². The number of nitrogens with one attached hydrogen (secondary N) is 1. The van der Waals surface area contributed by atoms with Crippen LogP contribution in [0, 0.1) is 0 Å². The van der Waals surface area contributed by atoms with Gasteiger partial charge in [-0.05, 0) is 94.3 Å². The molecule has 0 unspecified atom stereocenters. The van der Waals surface area contributed by atoms with Crippen LogP contribution in [0.4, 0.5) is 10.5 Å². The van der Waals surface area contributed by atoms with Crippen molar-refractivity contribution in [2.75, 3.05) is 18.5 Å². The normalized spacial score (nSPS) is 14.2. The molecule has 196 valence electrons. The Balaban J connectivity index is 1.48. The highest BCUT2D eigenvalue weighted by Gasteiger charge is 2.36. The zero-order valence-corrected chi connectivity index (χ0v) is 23.9. The van der Waals surface area contributed by atoms with Crippen LogP contribution in [0.2, 0.25) is 10.0 Å². The van der Waals surface area contributed by atoms with Crippen molar-refractivity contribution in [3.63, 3.8) is 0 Å². The van der Waals surface area contributed by atoms with Crippen LogP contribution in [-0.2, 0) is 16.2 Å². The Kier molecular flexibility index (Phi) is 9.38. The summed E-state index contributed by atoms with van der Waals surface area (Å²) in [5, 5.41) is 3.20. The molecular formula is C27H21BrCl2N2O5S. The molecule has 7 nitrogen and oxygen atoms in total. The van der Waals surface area contributed by atoms with E-state index in [-0.39, 0.29) is 4.91 Å². The molecule has 4 rings (SSSR count). The van der Waals surface area contributed by atoms with Crippen LogP contribution in [0.3, 0.4) is 0 Å². The van der Waals surface area contributed by atoms with Crippen LogP contribution in [0.15, 0.2) is 70.0 Å². The molecule has 1 aliphatic heterocycles. The summed E-state index contributed by atoms with van der Waals surface area (Å²) >= 11 is 16.2. The first kappa shape index (κ1) is 28.0. The molecule has 0 spiro atoms. The van der Waals surface area contributed by atoms with Gasteiger partial charge in [0.05, 0.1) is 16.0 Å². The minimum Gasteiger partial charge on any atom is -0.490 e. The van der Waals surface area contributed by atoms with Crippen LogP contribution >= 0.6 is 50.9 Å². The van der Waals surface area contributed by atoms with E-state index in [1.807, 2.05) is 19.1 Å². The second kappa shape index (κ2) is 12.7. The van der Waals surface area contributed by atoms with Crippen molar-refractivity contribution in [1.82, 2.24) is 4.90 Å². The fraction of sp³-hybridized carbons (Fsp3) is 0.148. The maximum absolute atomic E-state index is 12.9. The third-order valence-corrected chi connectivity index (χ3v) is 7.19. The van der Waals surface area contributed by atoms with Gasteiger partial charge >= 0.3 is 0 Å². The van der Waals surface area contributed by atoms with Crippen LogP contribution in [0.25, 0.3) is 6.08 Å². The van der Waals surface area contributed by atoms with Gasteiger partial charge in [-0.25, -0.2) is 0 Å². The number of imide groups is 1. The molecule has 38 heavy (non-hydrogen) atoms. The summed E-state index contributed by atoms with van der Waals surface area (Å²) in [6.07, 6.45) is 1.58. The lowest BCUT2D eigenvalue weighted by molar-refractivity contribution is -0.127. The standard InChI is InChI=1S/C27H21BrCl2N2O5S/c1-2-36-22-11-17(10-21(28)25(22)37-15-16-6-8-18(29)9-7-16)12-23-26(34)32(27(35)38-23)14-24(33)31-20-5-3-4-19(30)13-20/h3-13H,2,14-15H2,1H3,(H,31,33)/b23-12+. The smallest absolute Gasteiger partial charge is 0.294 e. The number of rotatable bonds is 9. The molecule has 3 amide bonds. The van der Waals surface area contributed by atoms with Crippen molar-refractivity contribution in [2.45, 2.75) is 13.5 Å². The lowest BCUT2D eigenvalue weighted by Gasteiger charge is -2.15. The third-order valence-electron chi connectivity index (χ3n) is 5.21. The number of benzene rings is 3. The molecule has 1 saturated heterocycles. The monoisotopic (exact) mass is 634 g/mol. The van der Waals surface area contributed by atoms with Gasteiger partial charge in [-0.1, -0.05) is 41.4 Å². The largest absolute Gasteiger partial charge is 0.490 e. The van der Waals surface area contributed by atoms with E-state index in [0.29, 0.717) is 50.5 Å². The van der Waals surface area contributed by atoms with Gasteiger partial charge in [0.1, 0.15) is 13.2 Å². The first-order chi connectivity index (χ1) is 18.2. The number of hydrogen-bond acceptors (Lipinski definition) is 6. The molecule has 0 saturated carbocycles. The zero-order valence-electron chi connectivity index (χ0n) is 20.0. The fourth-order valence-electron chi connectivity index (χ4n) is 3.51. The van der Waals surface area contributed by atoms with Crippen molar-refractivity contribution in [3.05, 3.63) is 91.2 Å². The van der Waals surface area contributed by atoms with Gasteiger partial charge < -0.3 is 14.8 Å². The average Bonchev–Trinajstić information content (AvgIpc) is 3.12. The molecule has 0 aromatic heterocycles. The maximum Gasteiger partial charge on any atom is 0.294 e. The first-order valence-electron chi connectivity index (χ1n) is 11.4. The predicted octanol–water partition coefficient (Wildman–Crippen LogP) is 7.41. The van der Waals surface area contributed by atoms with Gasteiger partial charge in [0.2, 0.25) is 5.91 Å². The number of halogens is 3. The van der Waals surface area contributed by atoms with E-state index < -0.39 is 23.6 Å². The lowest BCUT2D eigenvalue weighted by Crippen LogP contribution is -2.36. The van der Waals surface area contributed by atoms with Crippen molar-refractivity contribution in [2.24, 2.45) is 0 Å². The van der Waals surface area contributed by atoms with E-state index in [1.165, 1.54) is 0 Å². The summed E-state index contributed by atoms with van der Waals surface area (Å²) in [4.78, 5) is 39.0. The van der Waals surface area contributed by atoms with Gasteiger partial charge in [0.15, 0.2) is 11.5 Å². The Hall–Kier alpha value is -2.98. The van der Waals surface area contributed by atoms with E-state index in [2.05, 4.69) is 21.2 Å². The van der Waals surface area contributed by atoms with E-state index in [4.69, 9.17) is 32.7 Å². The predicted molar refractivity (Wildman–Crippen MR) is 154 cm³/mol. The van der Waals surface area contributed by atoms with Gasteiger partial charge in [0.25, 0.3) is 11.1 Å². The number of hydrogen-bond donors (Lipinski definition) is 1. The third kappa shape index (κ3) is 7.11. The highest BCUT2D eigenvalue weighted by molar-refractivity contribution is 9.10. The topological polar surface area (TPSA) is 84.9 Å². The molecule has 0 aliphatic carbocycles. The minimum absolute atomic E-state index is 0.190. The number of nitrogens with zero attached hydrogens (tertiary/aromatic N) is 1. The van der Waals surface area contributed by atoms with Gasteiger partial charge in [-0.2, -0.15) is 0 Å². The Morgan fingerprint density at radius 3 is 2.53 bits per heavy atom. The Labute approximate surface area is 242 Å². The van der Waals surface area contributed by atoms with Gasteiger partial charge in [-0.3, -0.25) is 19.3 Å². The molecule has 0 atom stereocenters. The molecule has 1 fully saturated rings. The van der Waals surface area contributed by atoms with Crippen LogP contribution in [-0.4, -0.2) is 35.1 Å². The van der Waals surface area contributed by atoms with Crippen molar-refractivity contribution in [1.29, 1.82) is 0 Å². The molecule has 0 bridgehead atoms. The average molecular weight is 636 g/mol. The molecule has 3 aromatic rings. The molecular weight excluding hydrogens is 615 g/mol. The second-order valence-corrected chi connectivity index (χ2v) is 10.7. The molecule has 11 heteroatoms. The molecule has 3 aromatic carbocycles. The second-order valence-electron chi connectivity index (χ2n) is 8.00. The van der Waals surface area contributed by atoms with E-state index >= 15 is 0 Å². The number of anilines is 1. The van der Waals surface area contributed by atoms with E-state index in [1.54, 1.807) is 54.6 Å². The Morgan fingerprint density at radius 1 is 1.05 bits per heavy atom. The summed E-state index contributed by atoms with van der Waals surface area (Å²) < 4.78 is 12.4. The van der Waals surface area contributed by atoms with Crippen LogP contribution in [0.1, 0.15) is 18.1 Å². The van der Waals surface area contributed by atoms with Gasteiger partial charge in [-0.15, -0.1) is 0 Å². The molecule has 1 heterocycles. The summed E-state index contributed by atoms with van der Waals surface area (Å²) in [5.41, 5.74) is 2.02. The van der Waals surface area contributed by atoms with Crippen molar-refractivity contribution >= 4 is 79.7 Å². The summed E-state index contributed by atoms with van der Waals surface area (Å²) in [7, 11) is 0. The molecule has 0 radical (unpaired) electrons. The van der Waals surface area contributed by atoms with Crippen molar-refractivity contribution in [3.8, 4) is 11.5 Å². The minimum atomic E-state index is -0.557. The number of ether oxygens (including phenoxy) is 2.